The Bertz CT molecular complexity index is 539. The molecule has 0 aliphatic heterocycles. The van der Waals surface area contributed by atoms with Gasteiger partial charge in [-0.15, -0.1) is 24.0 Å². The van der Waals surface area contributed by atoms with Crippen molar-refractivity contribution in [2.24, 2.45) is 4.99 Å². The highest BCUT2D eigenvalue weighted by atomic mass is 127. The maximum absolute atomic E-state index is 12.1. The summed E-state index contributed by atoms with van der Waals surface area (Å²) >= 11 is 3.29. The lowest BCUT2D eigenvalue weighted by molar-refractivity contribution is 0.596. The van der Waals surface area contributed by atoms with Crippen molar-refractivity contribution >= 4 is 55.7 Å². The molecule has 0 atom stereocenters. The highest BCUT2D eigenvalue weighted by Gasteiger charge is 2.13. The number of rotatable bonds is 6. The zero-order valence-corrected chi connectivity index (χ0v) is 16.8. The molecule has 0 saturated carbocycles. The maximum Gasteiger partial charge on any atom is 0.191 e. The number of nitrogens with one attached hydrogen (secondary N) is 2. The summed E-state index contributed by atoms with van der Waals surface area (Å²) in [5.41, 5.74) is 0. The monoisotopic (exact) mass is 489 g/mol. The lowest BCUT2D eigenvalue weighted by atomic mass is 10.4. The van der Waals surface area contributed by atoms with E-state index in [0.717, 1.165) is 17.6 Å². The van der Waals surface area contributed by atoms with Crippen LogP contribution in [0.4, 0.5) is 0 Å². The predicted octanol–water partition coefficient (Wildman–Crippen LogP) is 2.42. The van der Waals surface area contributed by atoms with Gasteiger partial charge in [-0.25, -0.2) is 8.42 Å². The normalized spacial score (nSPS) is 10.4. The number of benzene rings is 1. The summed E-state index contributed by atoms with van der Waals surface area (Å²) in [7, 11) is -3.29. The number of sulfone groups is 1. The van der Waals surface area contributed by atoms with Gasteiger partial charge in [0, 0.05) is 17.6 Å². The molecule has 0 amide bonds. The van der Waals surface area contributed by atoms with Crippen LogP contribution in [0, 0.1) is 0 Å². The third-order valence-corrected chi connectivity index (χ3v) is 4.73. The van der Waals surface area contributed by atoms with E-state index in [1.54, 1.807) is 24.3 Å². The molecule has 1 aromatic carbocycles. The number of halogens is 2. The first-order valence-corrected chi connectivity index (χ1v) is 8.94. The van der Waals surface area contributed by atoms with Crippen LogP contribution >= 0.6 is 39.9 Å². The van der Waals surface area contributed by atoms with E-state index < -0.39 is 9.84 Å². The quantitative estimate of drug-likeness (QED) is 0.365. The highest BCUT2D eigenvalue weighted by Crippen LogP contribution is 2.15. The van der Waals surface area contributed by atoms with Crippen LogP contribution in [0.25, 0.3) is 0 Å². The van der Waals surface area contributed by atoms with Crippen molar-refractivity contribution < 1.29 is 8.42 Å². The van der Waals surface area contributed by atoms with Gasteiger partial charge in [0.2, 0.25) is 0 Å². The molecule has 120 valence electrons. The van der Waals surface area contributed by atoms with Gasteiger partial charge >= 0.3 is 0 Å². The smallest absolute Gasteiger partial charge is 0.191 e. The SMILES string of the molecule is CCNC(=NCCS(=O)(=O)c1ccc(Br)cc1)NCC.I. The first kappa shape index (κ1) is 20.6. The Labute approximate surface area is 152 Å². The van der Waals surface area contributed by atoms with Crippen LogP contribution in [0.1, 0.15) is 13.8 Å². The van der Waals surface area contributed by atoms with E-state index in [1.807, 2.05) is 13.8 Å². The van der Waals surface area contributed by atoms with Crippen molar-refractivity contribution in [2.45, 2.75) is 18.7 Å². The second kappa shape index (κ2) is 10.4. The predicted molar refractivity (Wildman–Crippen MR) is 101 cm³/mol. The molecular weight excluding hydrogens is 469 g/mol. The number of hydrogen-bond acceptors (Lipinski definition) is 3. The fraction of sp³-hybridized carbons (Fsp3) is 0.462. The van der Waals surface area contributed by atoms with Gasteiger partial charge in [0.1, 0.15) is 0 Å². The first-order valence-electron chi connectivity index (χ1n) is 6.50. The molecule has 8 heteroatoms. The van der Waals surface area contributed by atoms with Crippen LogP contribution in [0.15, 0.2) is 38.6 Å². The van der Waals surface area contributed by atoms with E-state index in [9.17, 15) is 8.42 Å². The van der Waals surface area contributed by atoms with Crippen LogP contribution in [-0.2, 0) is 9.84 Å². The average molecular weight is 490 g/mol. The van der Waals surface area contributed by atoms with Crippen molar-refractivity contribution in [3.05, 3.63) is 28.7 Å². The molecule has 0 bridgehead atoms. The van der Waals surface area contributed by atoms with E-state index in [4.69, 9.17) is 0 Å². The summed E-state index contributed by atoms with van der Waals surface area (Å²) in [6, 6.07) is 6.63. The van der Waals surface area contributed by atoms with Gasteiger partial charge in [0.05, 0.1) is 17.2 Å². The van der Waals surface area contributed by atoms with Gasteiger partial charge in [-0.3, -0.25) is 4.99 Å². The molecule has 1 aromatic rings. The first-order chi connectivity index (χ1) is 9.49. The van der Waals surface area contributed by atoms with E-state index >= 15 is 0 Å². The number of aliphatic imine (C=N–C) groups is 1. The maximum atomic E-state index is 12.1. The minimum absolute atomic E-state index is 0. The third-order valence-electron chi connectivity index (χ3n) is 2.49. The van der Waals surface area contributed by atoms with Crippen molar-refractivity contribution in [1.29, 1.82) is 0 Å². The average Bonchev–Trinajstić information content (AvgIpc) is 2.39. The number of nitrogens with zero attached hydrogens (tertiary/aromatic N) is 1. The van der Waals surface area contributed by atoms with Crippen LogP contribution in [0.2, 0.25) is 0 Å². The molecule has 0 aliphatic carbocycles. The molecule has 0 spiro atoms. The Hall–Kier alpha value is -0.350. The zero-order chi connectivity index (χ0) is 15.0. The molecule has 0 fully saturated rings. The van der Waals surface area contributed by atoms with E-state index in [0.29, 0.717) is 10.9 Å². The Balaban J connectivity index is 0.00000400. The molecule has 0 unspecified atom stereocenters. The van der Waals surface area contributed by atoms with Gasteiger partial charge < -0.3 is 10.6 Å². The van der Waals surface area contributed by atoms with Crippen molar-refractivity contribution in [3.63, 3.8) is 0 Å². The van der Waals surface area contributed by atoms with Crippen LogP contribution < -0.4 is 10.6 Å². The second-order valence-corrected chi connectivity index (χ2v) is 7.09. The van der Waals surface area contributed by atoms with Crippen molar-refractivity contribution in [1.82, 2.24) is 10.6 Å². The van der Waals surface area contributed by atoms with E-state index in [2.05, 4.69) is 31.6 Å². The standard InChI is InChI=1S/C13H20BrN3O2S.HI/c1-3-15-13(16-4-2)17-9-10-20(18,19)12-7-5-11(14)6-8-12;/h5-8H,3-4,9-10H2,1-2H3,(H2,15,16,17);1H. The van der Waals surface area contributed by atoms with Crippen LogP contribution in [0.3, 0.4) is 0 Å². The molecule has 5 nitrogen and oxygen atoms in total. The Morgan fingerprint density at radius 3 is 2.14 bits per heavy atom. The van der Waals surface area contributed by atoms with Crippen molar-refractivity contribution in [3.8, 4) is 0 Å². The fourth-order valence-corrected chi connectivity index (χ4v) is 2.93. The summed E-state index contributed by atoms with van der Waals surface area (Å²) in [6.07, 6.45) is 0. The van der Waals surface area contributed by atoms with Crippen LogP contribution in [-0.4, -0.2) is 39.8 Å². The van der Waals surface area contributed by atoms with Gasteiger partial charge in [-0.1, -0.05) is 15.9 Å². The Kier molecular flexibility index (Phi) is 10.2. The highest BCUT2D eigenvalue weighted by molar-refractivity contribution is 14.0. The molecule has 0 heterocycles. The number of guanidine groups is 1. The topological polar surface area (TPSA) is 70.6 Å². The molecular formula is C13H21BrIN3O2S. The summed E-state index contributed by atoms with van der Waals surface area (Å²) < 4.78 is 25.1. The van der Waals surface area contributed by atoms with Gasteiger partial charge in [0.25, 0.3) is 0 Å². The van der Waals surface area contributed by atoms with Gasteiger partial charge in [-0.2, -0.15) is 0 Å². The van der Waals surface area contributed by atoms with Gasteiger partial charge in [0.15, 0.2) is 15.8 Å². The molecule has 2 N–H and O–H groups in total. The molecule has 21 heavy (non-hydrogen) atoms. The lowest BCUT2D eigenvalue weighted by Gasteiger charge is -2.09. The fourth-order valence-electron chi connectivity index (χ4n) is 1.55. The lowest BCUT2D eigenvalue weighted by Crippen LogP contribution is -2.37. The second-order valence-electron chi connectivity index (χ2n) is 4.06. The largest absolute Gasteiger partial charge is 0.357 e. The molecule has 0 radical (unpaired) electrons. The molecule has 1 rings (SSSR count). The molecule has 0 aliphatic rings. The molecule has 0 aromatic heterocycles. The van der Waals surface area contributed by atoms with E-state index in [1.165, 1.54) is 0 Å². The summed E-state index contributed by atoms with van der Waals surface area (Å²) in [6.45, 7) is 5.64. The number of hydrogen-bond donors (Lipinski definition) is 2. The van der Waals surface area contributed by atoms with Crippen molar-refractivity contribution in [2.75, 3.05) is 25.4 Å². The summed E-state index contributed by atoms with van der Waals surface area (Å²) in [4.78, 5) is 4.56. The van der Waals surface area contributed by atoms with Gasteiger partial charge in [-0.05, 0) is 38.1 Å². The summed E-state index contributed by atoms with van der Waals surface area (Å²) in [5.74, 6) is 0.635. The molecule has 0 saturated heterocycles. The Morgan fingerprint density at radius 2 is 1.67 bits per heavy atom. The van der Waals surface area contributed by atoms with Crippen LogP contribution in [0.5, 0.6) is 0 Å². The summed E-state index contributed by atoms with van der Waals surface area (Å²) in [5, 5.41) is 6.11. The minimum Gasteiger partial charge on any atom is -0.357 e. The van der Waals surface area contributed by atoms with E-state index in [-0.39, 0.29) is 36.3 Å². The zero-order valence-electron chi connectivity index (χ0n) is 12.1. The minimum atomic E-state index is -3.29. The Morgan fingerprint density at radius 1 is 1.14 bits per heavy atom. The third kappa shape index (κ3) is 7.46.